The Labute approximate surface area is 178 Å². The standard InChI is InChI=1S/C24H29N5O/c1-18-15-23(24(30)27-10-9-25)29(17-18)22-4-2-3-20(16-22)19-5-7-21(8-6-19)28-13-11-26-12-14-28/h2-8,16,18,23,26H,10-15,17H2,1H3,(H,27,30)/t18-,23-/m0/s1. The minimum absolute atomic E-state index is 0.0526. The normalized spacial score (nSPS) is 21.3. The molecule has 0 aliphatic carbocycles. The number of benzene rings is 2. The first kappa shape index (κ1) is 20.2. The highest BCUT2D eigenvalue weighted by Gasteiger charge is 2.34. The maximum Gasteiger partial charge on any atom is 0.243 e. The van der Waals surface area contributed by atoms with Crippen LogP contribution < -0.4 is 20.4 Å². The molecule has 2 atom stereocenters. The number of carbonyl (C=O) groups excluding carboxylic acids is 1. The number of carbonyl (C=O) groups is 1. The van der Waals surface area contributed by atoms with Crippen LogP contribution in [0.3, 0.4) is 0 Å². The Balaban J connectivity index is 1.53. The van der Waals surface area contributed by atoms with Gasteiger partial charge in [-0.05, 0) is 47.7 Å². The lowest BCUT2D eigenvalue weighted by Crippen LogP contribution is -2.43. The van der Waals surface area contributed by atoms with Crippen LogP contribution in [0.15, 0.2) is 48.5 Å². The Morgan fingerprint density at radius 1 is 1.13 bits per heavy atom. The molecule has 2 aliphatic rings. The van der Waals surface area contributed by atoms with Gasteiger partial charge in [-0.1, -0.05) is 31.2 Å². The van der Waals surface area contributed by atoms with Crippen LogP contribution in [0.5, 0.6) is 0 Å². The third kappa shape index (κ3) is 4.42. The van der Waals surface area contributed by atoms with Gasteiger partial charge in [-0.3, -0.25) is 4.79 Å². The Morgan fingerprint density at radius 3 is 2.63 bits per heavy atom. The van der Waals surface area contributed by atoms with Crippen LogP contribution in [0.1, 0.15) is 13.3 Å². The molecule has 0 bridgehead atoms. The van der Waals surface area contributed by atoms with E-state index in [4.69, 9.17) is 5.26 Å². The predicted molar refractivity (Wildman–Crippen MR) is 120 cm³/mol. The van der Waals surface area contributed by atoms with Crippen molar-refractivity contribution in [3.63, 3.8) is 0 Å². The van der Waals surface area contributed by atoms with Crippen molar-refractivity contribution in [3.8, 4) is 17.2 Å². The lowest BCUT2D eigenvalue weighted by atomic mass is 10.0. The number of amides is 1. The number of nitriles is 1. The molecule has 6 nitrogen and oxygen atoms in total. The average Bonchev–Trinajstić information content (AvgIpc) is 3.20. The van der Waals surface area contributed by atoms with E-state index >= 15 is 0 Å². The van der Waals surface area contributed by atoms with E-state index < -0.39 is 0 Å². The molecule has 0 spiro atoms. The van der Waals surface area contributed by atoms with Crippen molar-refractivity contribution in [1.29, 1.82) is 5.26 Å². The van der Waals surface area contributed by atoms with Gasteiger partial charge in [0.05, 0.1) is 6.07 Å². The van der Waals surface area contributed by atoms with E-state index in [9.17, 15) is 4.79 Å². The third-order valence-corrected chi connectivity index (χ3v) is 6.02. The van der Waals surface area contributed by atoms with Crippen molar-refractivity contribution in [2.24, 2.45) is 5.92 Å². The van der Waals surface area contributed by atoms with Crippen molar-refractivity contribution < 1.29 is 4.79 Å². The van der Waals surface area contributed by atoms with Gasteiger partial charge < -0.3 is 20.4 Å². The highest BCUT2D eigenvalue weighted by molar-refractivity contribution is 5.86. The number of piperazine rings is 1. The third-order valence-electron chi connectivity index (χ3n) is 6.02. The first-order valence-electron chi connectivity index (χ1n) is 10.7. The van der Waals surface area contributed by atoms with Crippen LogP contribution in [0.2, 0.25) is 0 Å². The van der Waals surface area contributed by atoms with E-state index in [1.165, 1.54) is 11.3 Å². The highest BCUT2D eigenvalue weighted by Crippen LogP contribution is 2.32. The molecule has 2 heterocycles. The van der Waals surface area contributed by atoms with Gasteiger partial charge >= 0.3 is 0 Å². The molecular weight excluding hydrogens is 374 g/mol. The summed E-state index contributed by atoms with van der Waals surface area (Å²) in [5.74, 6) is 0.372. The molecule has 1 amide bonds. The van der Waals surface area contributed by atoms with Crippen LogP contribution in [0.4, 0.5) is 11.4 Å². The summed E-state index contributed by atoms with van der Waals surface area (Å²) in [4.78, 5) is 17.1. The van der Waals surface area contributed by atoms with Gasteiger partial charge in [0.15, 0.2) is 0 Å². The summed E-state index contributed by atoms with van der Waals surface area (Å²) in [6.07, 6.45) is 0.806. The fraction of sp³-hybridized carbons (Fsp3) is 0.417. The summed E-state index contributed by atoms with van der Waals surface area (Å²) in [5, 5.41) is 14.9. The largest absolute Gasteiger partial charge is 0.369 e. The first-order valence-corrected chi connectivity index (χ1v) is 10.7. The Bertz CT molecular complexity index is 914. The summed E-state index contributed by atoms with van der Waals surface area (Å²) in [5.41, 5.74) is 4.64. The van der Waals surface area contributed by atoms with Crippen molar-refractivity contribution in [3.05, 3.63) is 48.5 Å². The predicted octanol–water partition coefficient (Wildman–Crippen LogP) is 2.62. The zero-order valence-corrected chi connectivity index (χ0v) is 17.5. The van der Waals surface area contributed by atoms with Crippen LogP contribution in [-0.4, -0.2) is 51.2 Å². The van der Waals surface area contributed by atoms with Gasteiger partial charge in [0, 0.05) is 44.1 Å². The number of hydrogen-bond donors (Lipinski definition) is 2. The molecule has 2 aromatic carbocycles. The van der Waals surface area contributed by atoms with E-state index in [1.54, 1.807) is 0 Å². The summed E-state index contributed by atoms with van der Waals surface area (Å²) in [7, 11) is 0. The molecule has 30 heavy (non-hydrogen) atoms. The Hall–Kier alpha value is -3.04. The van der Waals surface area contributed by atoms with Crippen LogP contribution >= 0.6 is 0 Å². The zero-order valence-electron chi connectivity index (χ0n) is 17.5. The maximum atomic E-state index is 12.6. The second-order valence-electron chi connectivity index (χ2n) is 8.22. The molecule has 0 unspecified atom stereocenters. The second kappa shape index (κ2) is 9.19. The van der Waals surface area contributed by atoms with Crippen LogP contribution in [-0.2, 0) is 4.79 Å². The van der Waals surface area contributed by atoms with Crippen LogP contribution in [0.25, 0.3) is 11.1 Å². The lowest BCUT2D eigenvalue weighted by Gasteiger charge is -2.29. The molecule has 2 aromatic rings. The van der Waals surface area contributed by atoms with Gasteiger partial charge in [0.25, 0.3) is 0 Å². The quantitative estimate of drug-likeness (QED) is 0.751. The SMILES string of the molecule is C[C@H]1C[C@@H](C(=O)NCC#N)N(c2cccc(-c3ccc(N4CCNCC4)cc3)c2)C1. The van der Waals surface area contributed by atoms with Crippen molar-refractivity contribution in [1.82, 2.24) is 10.6 Å². The minimum atomic E-state index is -0.223. The molecule has 2 saturated heterocycles. The summed E-state index contributed by atoms with van der Waals surface area (Å²) in [6.45, 7) is 7.20. The van der Waals surface area contributed by atoms with Crippen molar-refractivity contribution >= 4 is 17.3 Å². The van der Waals surface area contributed by atoms with E-state index in [-0.39, 0.29) is 18.5 Å². The lowest BCUT2D eigenvalue weighted by molar-refractivity contribution is -0.122. The van der Waals surface area contributed by atoms with Gasteiger partial charge in [-0.25, -0.2) is 0 Å². The average molecular weight is 404 g/mol. The molecule has 4 rings (SSSR count). The molecule has 0 saturated carbocycles. The second-order valence-corrected chi connectivity index (χ2v) is 8.22. The topological polar surface area (TPSA) is 71.4 Å². The number of nitrogens with zero attached hydrogens (tertiary/aromatic N) is 3. The van der Waals surface area contributed by atoms with E-state index in [0.717, 1.165) is 50.4 Å². The Kier molecular flexibility index (Phi) is 6.20. The van der Waals surface area contributed by atoms with Crippen LogP contribution in [0, 0.1) is 17.2 Å². The molecular formula is C24H29N5O. The Morgan fingerprint density at radius 2 is 1.90 bits per heavy atom. The molecule has 156 valence electrons. The summed E-state index contributed by atoms with van der Waals surface area (Å²) >= 11 is 0. The smallest absolute Gasteiger partial charge is 0.243 e. The first-order chi connectivity index (χ1) is 14.7. The van der Waals surface area contributed by atoms with Crippen molar-refractivity contribution in [2.75, 3.05) is 49.1 Å². The fourth-order valence-electron chi connectivity index (χ4n) is 4.48. The molecule has 0 radical (unpaired) electrons. The maximum absolute atomic E-state index is 12.6. The van der Waals surface area contributed by atoms with Gasteiger partial charge in [0.2, 0.25) is 5.91 Å². The number of hydrogen-bond acceptors (Lipinski definition) is 5. The zero-order chi connectivity index (χ0) is 20.9. The number of anilines is 2. The molecule has 0 aromatic heterocycles. The van der Waals surface area contributed by atoms with Crippen molar-refractivity contribution in [2.45, 2.75) is 19.4 Å². The molecule has 6 heteroatoms. The molecule has 2 fully saturated rings. The number of nitrogens with one attached hydrogen (secondary N) is 2. The highest BCUT2D eigenvalue weighted by atomic mass is 16.2. The van der Waals surface area contributed by atoms with Gasteiger partial charge in [-0.2, -0.15) is 5.26 Å². The van der Waals surface area contributed by atoms with E-state index in [0.29, 0.717) is 5.92 Å². The molecule has 2 N–H and O–H groups in total. The van der Waals surface area contributed by atoms with E-state index in [2.05, 4.69) is 75.9 Å². The fourth-order valence-corrected chi connectivity index (χ4v) is 4.48. The van der Waals surface area contributed by atoms with E-state index in [1.807, 2.05) is 6.07 Å². The molecule has 2 aliphatic heterocycles. The minimum Gasteiger partial charge on any atom is -0.369 e. The van der Waals surface area contributed by atoms with Gasteiger partial charge in [-0.15, -0.1) is 0 Å². The summed E-state index contributed by atoms with van der Waals surface area (Å²) < 4.78 is 0. The van der Waals surface area contributed by atoms with Gasteiger partial charge in [0.1, 0.15) is 12.6 Å². The monoisotopic (exact) mass is 403 g/mol. The summed E-state index contributed by atoms with van der Waals surface area (Å²) in [6, 6.07) is 18.9. The number of rotatable bonds is 5.